The SMILES string of the molecule is O=C(Cc1ccccc1)NCCC(=O)Nc1ccccc1OC(F)(F)F. The van der Waals surface area contributed by atoms with Gasteiger partial charge in [0.25, 0.3) is 0 Å². The van der Waals surface area contributed by atoms with Crippen molar-refractivity contribution in [3.05, 3.63) is 60.2 Å². The fourth-order valence-corrected chi connectivity index (χ4v) is 2.16. The van der Waals surface area contributed by atoms with Crippen LogP contribution in [0.1, 0.15) is 12.0 Å². The maximum absolute atomic E-state index is 12.3. The van der Waals surface area contributed by atoms with Gasteiger partial charge in [-0.15, -0.1) is 13.2 Å². The standard InChI is InChI=1S/C18H17F3N2O3/c19-18(20,21)26-15-9-5-4-8-14(15)23-16(24)10-11-22-17(25)12-13-6-2-1-3-7-13/h1-9H,10-12H2,(H,22,25)(H,23,24). The summed E-state index contributed by atoms with van der Waals surface area (Å²) in [5.74, 6) is -1.28. The highest BCUT2D eigenvalue weighted by atomic mass is 19.4. The van der Waals surface area contributed by atoms with E-state index in [1.165, 1.54) is 18.2 Å². The number of hydrogen-bond acceptors (Lipinski definition) is 3. The zero-order valence-electron chi connectivity index (χ0n) is 13.7. The molecule has 0 heterocycles. The fourth-order valence-electron chi connectivity index (χ4n) is 2.16. The van der Waals surface area contributed by atoms with E-state index in [0.29, 0.717) is 0 Å². The predicted molar refractivity (Wildman–Crippen MR) is 89.5 cm³/mol. The van der Waals surface area contributed by atoms with Crippen molar-refractivity contribution in [1.82, 2.24) is 5.32 Å². The summed E-state index contributed by atoms with van der Waals surface area (Å²) in [5.41, 5.74) is 0.748. The Morgan fingerprint density at radius 3 is 2.27 bits per heavy atom. The smallest absolute Gasteiger partial charge is 0.404 e. The lowest BCUT2D eigenvalue weighted by Crippen LogP contribution is -2.29. The average molecular weight is 366 g/mol. The zero-order chi connectivity index (χ0) is 19.0. The quantitative estimate of drug-likeness (QED) is 0.790. The molecule has 2 aromatic carbocycles. The van der Waals surface area contributed by atoms with Crippen LogP contribution in [0, 0.1) is 0 Å². The third-order valence-electron chi connectivity index (χ3n) is 3.27. The topological polar surface area (TPSA) is 67.4 Å². The maximum Gasteiger partial charge on any atom is 0.573 e. The molecule has 0 aliphatic heterocycles. The first-order chi connectivity index (χ1) is 12.3. The molecule has 2 aromatic rings. The van der Waals surface area contributed by atoms with Crippen LogP contribution in [-0.4, -0.2) is 24.7 Å². The van der Waals surface area contributed by atoms with Crippen molar-refractivity contribution in [2.45, 2.75) is 19.2 Å². The molecular formula is C18H17F3N2O3. The second-order valence-electron chi connectivity index (χ2n) is 5.35. The van der Waals surface area contributed by atoms with Gasteiger partial charge in [0.15, 0.2) is 5.75 Å². The van der Waals surface area contributed by atoms with Gasteiger partial charge in [-0.05, 0) is 17.7 Å². The molecule has 0 fully saturated rings. The summed E-state index contributed by atoms with van der Waals surface area (Å²) in [6, 6.07) is 14.3. The van der Waals surface area contributed by atoms with Gasteiger partial charge in [0, 0.05) is 13.0 Å². The van der Waals surface area contributed by atoms with Crippen LogP contribution in [0.5, 0.6) is 5.75 Å². The Balaban J connectivity index is 1.79. The monoisotopic (exact) mass is 366 g/mol. The number of carbonyl (C=O) groups is 2. The summed E-state index contributed by atoms with van der Waals surface area (Å²) in [4.78, 5) is 23.6. The fraction of sp³-hybridized carbons (Fsp3) is 0.222. The molecule has 0 saturated carbocycles. The van der Waals surface area contributed by atoms with Crippen LogP contribution in [0.25, 0.3) is 0 Å². The first-order valence-electron chi connectivity index (χ1n) is 7.79. The number of anilines is 1. The Kier molecular flexibility index (Phi) is 6.60. The number of nitrogens with one attached hydrogen (secondary N) is 2. The minimum Gasteiger partial charge on any atom is -0.404 e. The van der Waals surface area contributed by atoms with E-state index >= 15 is 0 Å². The van der Waals surface area contributed by atoms with E-state index in [1.807, 2.05) is 30.3 Å². The van der Waals surface area contributed by atoms with Gasteiger partial charge < -0.3 is 15.4 Å². The minimum absolute atomic E-state index is 0.0692. The predicted octanol–water partition coefficient (Wildman–Crippen LogP) is 3.27. The van der Waals surface area contributed by atoms with Crippen LogP contribution >= 0.6 is 0 Å². The van der Waals surface area contributed by atoms with Crippen molar-refractivity contribution in [2.75, 3.05) is 11.9 Å². The van der Waals surface area contributed by atoms with Gasteiger partial charge in [0.05, 0.1) is 12.1 Å². The Bertz CT molecular complexity index is 749. The molecule has 0 aromatic heterocycles. The van der Waals surface area contributed by atoms with Gasteiger partial charge >= 0.3 is 6.36 Å². The van der Waals surface area contributed by atoms with E-state index in [9.17, 15) is 22.8 Å². The Labute approximate surface area is 148 Å². The summed E-state index contributed by atoms with van der Waals surface area (Å²) < 4.78 is 40.9. The molecule has 2 N–H and O–H groups in total. The molecular weight excluding hydrogens is 349 g/mol. The molecule has 2 rings (SSSR count). The first kappa shape index (κ1) is 19.3. The summed E-state index contributed by atoms with van der Waals surface area (Å²) in [7, 11) is 0. The van der Waals surface area contributed by atoms with E-state index in [0.717, 1.165) is 11.6 Å². The second kappa shape index (κ2) is 8.89. The summed E-state index contributed by atoms with van der Waals surface area (Å²) in [6.07, 6.45) is -4.75. The molecule has 0 spiro atoms. The highest BCUT2D eigenvalue weighted by molar-refractivity contribution is 5.92. The Morgan fingerprint density at radius 1 is 0.923 bits per heavy atom. The highest BCUT2D eigenvalue weighted by Gasteiger charge is 2.32. The number of ether oxygens (including phenoxy) is 1. The van der Waals surface area contributed by atoms with Crippen LogP contribution < -0.4 is 15.4 Å². The second-order valence-corrected chi connectivity index (χ2v) is 5.35. The average Bonchev–Trinajstić information content (AvgIpc) is 2.56. The van der Waals surface area contributed by atoms with Crippen LogP contribution in [-0.2, 0) is 16.0 Å². The van der Waals surface area contributed by atoms with Crippen LogP contribution in [0.2, 0.25) is 0 Å². The number of halogens is 3. The van der Waals surface area contributed by atoms with E-state index in [4.69, 9.17) is 0 Å². The molecule has 26 heavy (non-hydrogen) atoms. The van der Waals surface area contributed by atoms with Crippen LogP contribution in [0.3, 0.4) is 0 Å². The van der Waals surface area contributed by atoms with Crippen molar-refractivity contribution in [2.24, 2.45) is 0 Å². The number of alkyl halides is 3. The summed E-state index contributed by atoms with van der Waals surface area (Å²) in [5, 5.41) is 4.93. The lowest BCUT2D eigenvalue weighted by molar-refractivity contribution is -0.274. The van der Waals surface area contributed by atoms with Gasteiger partial charge in [-0.2, -0.15) is 0 Å². The summed E-state index contributed by atoms with van der Waals surface area (Å²) in [6.45, 7) is 0.0692. The van der Waals surface area contributed by atoms with E-state index in [-0.39, 0.29) is 31.0 Å². The third-order valence-corrected chi connectivity index (χ3v) is 3.27. The van der Waals surface area contributed by atoms with Crippen molar-refractivity contribution in [3.63, 3.8) is 0 Å². The normalized spacial score (nSPS) is 10.9. The molecule has 0 radical (unpaired) electrons. The molecule has 2 amide bonds. The van der Waals surface area contributed by atoms with Crippen molar-refractivity contribution < 1.29 is 27.5 Å². The Morgan fingerprint density at radius 2 is 1.58 bits per heavy atom. The molecule has 0 aliphatic rings. The molecule has 0 bridgehead atoms. The van der Waals surface area contributed by atoms with E-state index in [2.05, 4.69) is 15.4 Å². The lowest BCUT2D eigenvalue weighted by atomic mass is 10.1. The van der Waals surface area contributed by atoms with E-state index in [1.54, 1.807) is 0 Å². The molecule has 5 nitrogen and oxygen atoms in total. The molecule has 138 valence electrons. The first-order valence-corrected chi connectivity index (χ1v) is 7.79. The molecule has 0 saturated heterocycles. The lowest BCUT2D eigenvalue weighted by Gasteiger charge is -2.14. The molecule has 0 unspecified atom stereocenters. The van der Waals surface area contributed by atoms with Gasteiger partial charge in [-0.3, -0.25) is 9.59 Å². The number of para-hydroxylation sites is 2. The van der Waals surface area contributed by atoms with Gasteiger partial charge in [-0.1, -0.05) is 42.5 Å². The molecule has 0 atom stereocenters. The van der Waals surface area contributed by atoms with Gasteiger partial charge in [0.2, 0.25) is 11.8 Å². The molecule has 0 aliphatic carbocycles. The number of rotatable bonds is 7. The van der Waals surface area contributed by atoms with Crippen LogP contribution in [0.4, 0.5) is 18.9 Å². The van der Waals surface area contributed by atoms with Crippen LogP contribution in [0.15, 0.2) is 54.6 Å². The van der Waals surface area contributed by atoms with E-state index < -0.39 is 18.0 Å². The largest absolute Gasteiger partial charge is 0.573 e. The third kappa shape index (κ3) is 6.84. The Hall–Kier alpha value is -3.03. The summed E-state index contributed by atoms with van der Waals surface area (Å²) >= 11 is 0. The molecule has 8 heteroatoms. The maximum atomic E-state index is 12.3. The number of hydrogen-bond donors (Lipinski definition) is 2. The number of carbonyl (C=O) groups excluding carboxylic acids is 2. The number of benzene rings is 2. The van der Waals surface area contributed by atoms with Crippen molar-refractivity contribution in [1.29, 1.82) is 0 Å². The van der Waals surface area contributed by atoms with Gasteiger partial charge in [0.1, 0.15) is 0 Å². The van der Waals surface area contributed by atoms with Gasteiger partial charge in [-0.25, -0.2) is 0 Å². The number of amides is 2. The van der Waals surface area contributed by atoms with Crippen molar-refractivity contribution >= 4 is 17.5 Å². The zero-order valence-corrected chi connectivity index (χ0v) is 13.7. The minimum atomic E-state index is -4.85. The highest BCUT2D eigenvalue weighted by Crippen LogP contribution is 2.29. The van der Waals surface area contributed by atoms with Crippen molar-refractivity contribution in [3.8, 4) is 5.75 Å².